The third-order valence-corrected chi connectivity index (χ3v) is 4.07. The van der Waals surface area contributed by atoms with Gasteiger partial charge in [0.2, 0.25) is 5.91 Å². The Hall–Kier alpha value is -0.900. The molecular formula is C17H32N2O2. The van der Waals surface area contributed by atoms with Crippen LogP contribution in [0, 0.1) is 5.92 Å². The summed E-state index contributed by atoms with van der Waals surface area (Å²) in [4.78, 5) is 25.6. The molecule has 0 aromatic heterocycles. The molecule has 1 rings (SSSR count). The van der Waals surface area contributed by atoms with E-state index in [0.29, 0.717) is 30.7 Å². The fourth-order valence-electron chi connectivity index (χ4n) is 2.79. The largest absolute Gasteiger partial charge is 0.341 e. The van der Waals surface area contributed by atoms with Crippen molar-refractivity contribution in [2.45, 2.75) is 78.3 Å². The van der Waals surface area contributed by atoms with Gasteiger partial charge in [-0.05, 0) is 19.3 Å². The molecule has 1 saturated heterocycles. The van der Waals surface area contributed by atoms with E-state index in [9.17, 15) is 9.59 Å². The van der Waals surface area contributed by atoms with E-state index >= 15 is 0 Å². The Labute approximate surface area is 129 Å². The van der Waals surface area contributed by atoms with E-state index in [1.165, 1.54) is 0 Å². The van der Waals surface area contributed by atoms with E-state index in [4.69, 9.17) is 0 Å². The number of hydrogen-bond acceptors (Lipinski definition) is 3. The maximum atomic E-state index is 12.1. The molecule has 122 valence electrons. The molecule has 4 nitrogen and oxygen atoms in total. The zero-order valence-corrected chi connectivity index (χ0v) is 14.2. The van der Waals surface area contributed by atoms with Gasteiger partial charge in [-0.1, -0.05) is 34.1 Å². The minimum atomic E-state index is 0.140. The maximum Gasteiger partial charge on any atom is 0.222 e. The molecule has 1 aliphatic rings. The van der Waals surface area contributed by atoms with Gasteiger partial charge in [0.25, 0.3) is 0 Å². The smallest absolute Gasteiger partial charge is 0.222 e. The molecule has 1 fully saturated rings. The predicted octanol–water partition coefficient (Wildman–Crippen LogP) is 2.76. The quantitative estimate of drug-likeness (QED) is 0.666. The van der Waals surface area contributed by atoms with Crippen molar-refractivity contribution in [3.63, 3.8) is 0 Å². The monoisotopic (exact) mass is 296 g/mol. The summed E-state index contributed by atoms with van der Waals surface area (Å²) in [5, 5.41) is 3.49. The highest BCUT2D eigenvalue weighted by molar-refractivity contribution is 5.80. The average molecular weight is 296 g/mol. The molecular weight excluding hydrogens is 264 g/mol. The summed E-state index contributed by atoms with van der Waals surface area (Å²) >= 11 is 0. The van der Waals surface area contributed by atoms with Crippen molar-refractivity contribution in [2.75, 3.05) is 13.1 Å². The molecule has 0 spiro atoms. The first-order valence-corrected chi connectivity index (χ1v) is 8.46. The number of unbranched alkanes of at least 4 members (excludes halogenated alkanes) is 2. The molecule has 0 bridgehead atoms. The van der Waals surface area contributed by atoms with Crippen molar-refractivity contribution >= 4 is 11.7 Å². The van der Waals surface area contributed by atoms with Crippen LogP contribution in [0.25, 0.3) is 0 Å². The standard InChI is InChI=1S/C17H32N2O2/c1-13(2)16(20)8-6-5-7-9-17(21)19-11-10-15(12-19)18-14(3)4/h13-15,18H,5-12H2,1-4H3/t15-/m1/s1. The third kappa shape index (κ3) is 7.07. The lowest BCUT2D eigenvalue weighted by molar-refractivity contribution is -0.130. The van der Waals surface area contributed by atoms with Crippen LogP contribution >= 0.6 is 0 Å². The summed E-state index contributed by atoms with van der Waals surface area (Å²) in [6, 6.07) is 0.932. The summed E-state index contributed by atoms with van der Waals surface area (Å²) in [6.07, 6.45) is 5.16. The number of amides is 1. The van der Waals surface area contributed by atoms with E-state index in [1.807, 2.05) is 18.7 Å². The second kappa shape index (κ2) is 9.19. The van der Waals surface area contributed by atoms with Crippen molar-refractivity contribution < 1.29 is 9.59 Å². The molecule has 0 aliphatic carbocycles. The van der Waals surface area contributed by atoms with Gasteiger partial charge in [-0.25, -0.2) is 0 Å². The number of carbonyl (C=O) groups is 2. The van der Waals surface area contributed by atoms with Gasteiger partial charge < -0.3 is 10.2 Å². The molecule has 0 saturated carbocycles. The maximum absolute atomic E-state index is 12.1. The molecule has 1 aliphatic heterocycles. The van der Waals surface area contributed by atoms with E-state index in [-0.39, 0.29) is 11.8 Å². The fourth-order valence-corrected chi connectivity index (χ4v) is 2.79. The van der Waals surface area contributed by atoms with Crippen LogP contribution < -0.4 is 5.32 Å². The van der Waals surface area contributed by atoms with Crippen LogP contribution in [0.5, 0.6) is 0 Å². The first-order valence-electron chi connectivity index (χ1n) is 8.46. The molecule has 1 amide bonds. The normalized spacial score (nSPS) is 18.8. The van der Waals surface area contributed by atoms with Gasteiger partial charge in [0, 0.05) is 43.9 Å². The highest BCUT2D eigenvalue weighted by Gasteiger charge is 2.25. The number of rotatable bonds is 9. The van der Waals surface area contributed by atoms with Crippen LogP contribution in [0.3, 0.4) is 0 Å². The summed E-state index contributed by atoms with van der Waals surface area (Å²) in [5.41, 5.74) is 0. The highest BCUT2D eigenvalue weighted by atomic mass is 16.2. The third-order valence-electron chi connectivity index (χ3n) is 4.07. The molecule has 1 heterocycles. The van der Waals surface area contributed by atoms with Crippen molar-refractivity contribution in [1.82, 2.24) is 10.2 Å². The van der Waals surface area contributed by atoms with Crippen molar-refractivity contribution in [2.24, 2.45) is 5.92 Å². The van der Waals surface area contributed by atoms with Crippen LogP contribution in [0.1, 0.15) is 66.2 Å². The number of Topliss-reactive ketones (excluding diaryl/α,β-unsaturated/α-hetero) is 1. The van der Waals surface area contributed by atoms with Gasteiger partial charge in [-0.2, -0.15) is 0 Å². The van der Waals surface area contributed by atoms with Gasteiger partial charge in [0.05, 0.1) is 0 Å². The van der Waals surface area contributed by atoms with Crippen molar-refractivity contribution in [3.05, 3.63) is 0 Å². The Kier molecular flexibility index (Phi) is 7.94. The van der Waals surface area contributed by atoms with Gasteiger partial charge >= 0.3 is 0 Å². The highest BCUT2D eigenvalue weighted by Crippen LogP contribution is 2.14. The van der Waals surface area contributed by atoms with Gasteiger partial charge in [-0.15, -0.1) is 0 Å². The van der Waals surface area contributed by atoms with E-state index in [0.717, 1.165) is 38.8 Å². The average Bonchev–Trinajstić information content (AvgIpc) is 2.85. The lowest BCUT2D eigenvalue weighted by atomic mass is 10.0. The molecule has 1 atom stereocenters. The second-order valence-electron chi connectivity index (χ2n) is 6.83. The second-order valence-corrected chi connectivity index (χ2v) is 6.83. The van der Waals surface area contributed by atoms with Crippen LogP contribution in [0.15, 0.2) is 0 Å². The molecule has 21 heavy (non-hydrogen) atoms. The molecule has 0 aromatic carbocycles. The number of hydrogen-bond donors (Lipinski definition) is 1. The number of nitrogens with zero attached hydrogens (tertiary/aromatic N) is 1. The Morgan fingerprint density at radius 2 is 1.76 bits per heavy atom. The van der Waals surface area contributed by atoms with Gasteiger partial charge in [-0.3, -0.25) is 9.59 Å². The summed E-state index contributed by atoms with van der Waals surface area (Å²) in [5.74, 6) is 0.753. The minimum absolute atomic E-state index is 0.140. The molecule has 0 aromatic rings. The van der Waals surface area contributed by atoms with E-state index in [2.05, 4.69) is 19.2 Å². The van der Waals surface area contributed by atoms with Crippen molar-refractivity contribution in [1.29, 1.82) is 0 Å². The molecule has 0 unspecified atom stereocenters. The Morgan fingerprint density at radius 3 is 2.38 bits per heavy atom. The number of nitrogens with one attached hydrogen (secondary N) is 1. The first kappa shape index (κ1) is 18.1. The van der Waals surface area contributed by atoms with Crippen molar-refractivity contribution in [3.8, 4) is 0 Å². The Bertz CT molecular complexity index is 340. The van der Waals surface area contributed by atoms with Gasteiger partial charge in [0.1, 0.15) is 5.78 Å². The van der Waals surface area contributed by atoms with Crippen LogP contribution in [0.4, 0.5) is 0 Å². The zero-order valence-electron chi connectivity index (χ0n) is 14.2. The zero-order chi connectivity index (χ0) is 15.8. The summed E-state index contributed by atoms with van der Waals surface area (Å²) < 4.78 is 0. The number of likely N-dealkylation sites (tertiary alicyclic amines) is 1. The van der Waals surface area contributed by atoms with E-state index in [1.54, 1.807) is 0 Å². The van der Waals surface area contributed by atoms with E-state index < -0.39 is 0 Å². The van der Waals surface area contributed by atoms with Crippen LogP contribution in [-0.2, 0) is 9.59 Å². The SMILES string of the molecule is CC(C)N[C@@H]1CCN(C(=O)CCCCCC(=O)C(C)C)C1. The van der Waals surface area contributed by atoms with Crippen LogP contribution in [0.2, 0.25) is 0 Å². The lowest BCUT2D eigenvalue weighted by Crippen LogP contribution is -2.38. The molecule has 4 heteroatoms. The predicted molar refractivity (Wildman–Crippen MR) is 86.2 cm³/mol. The Balaban J connectivity index is 2.11. The lowest BCUT2D eigenvalue weighted by Gasteiger charge is -2.18. The Morgan fingerprint density at radius 1 is 1.10 bits per heavy atom. The molecule has 0 radical (unpaired) electrons. The summed E-state index contributed by atoms with van der Waals surface area (Å²) in [7, 11) is 0. The molecule has 1 N–H and O–H groups in total. The number of carbonyl (C=O) groups excluding carboxylic acids is 2. The van der Waals surface area contributed by atoms with Gasteiger partial charge in [0.15, 0.2) is 0 Å². The topological polar surface area (TPSA) is 49.4 Å². The fraction of sp³-hybridized carbons (Fsp3) is 0.882. The minimum Gasteiger partial charge on any atom is -0.341 e. The number of ketones is 1. The summed E-state index contributed by atoms with van der Waals surface area (Å²) in [6.45, 7) is 9.91. The van der Waals surface area contributed by atoms with Crippen LogP contribution in [-0.4, -0.2) is 41.8 Å². The first-order chi connectivity index (χ1) is 9.90.